The first kappa shape index (κ1) is 59.7. The van der Waals surface area contributed by atoms with Crippen molar-refractivity contribution in [1.29, 1.82) is 0 Å². The van der Waals surface area contributed by atoms with Crippen molar-refractivity contribution in [2.45, 2.75) is 213 Å². The molecule has 8 heteroatoms. The van der Waals surface area contributed by atoms with E-state index in [0.717, 1.165) is 17.5 Å². The molecule has 1 radical (unpaired) electrons. The average Bonchev–Trinajstić information content (AvgIpc) is 4.12. The van der Waals surface area contributed by atoms with Gasteiger partial charge in [-0.3, -0.25) is 0 Å². The second-order valence-corrected chi connectivity index (χ2v) is 28.2. The molecule has 0 atom stereocenters. The second-order valence-electron chi connectivity index (χ2n) is 23.5. The van der Waals surface area contributed by atoms with Crippen molar-refractivity contribution in [2.75, 3.05) is 0 Å². The highest BCUT2D eigenvalue weighted by molar-refractivity contribution is 7.32. The van der Waals surface area contributed by atoms with Crippen molar-refractivity contribution in [1.82, 2.24) is 8.75 Å². The fourth-order valence-electron chi connectivity index (χ4n) is 12.9. The number of aromatic nitrogens is 2. The molecule has 2 nitrogen and oxygen atoms in total. The van der Waals surface area contributed by atoms with Crippen LogP contribution >= 0.6 is 57.1 Å². The van der Waals surface area contributed by atoms with E-state index in [9.17, 15) is 0 Å². The maximum Gasteiger partial charge on any atom is 0.219 e. The van der Waals surface area contributed by atoms with Gasteiger partial charge in [-0.25, -0.2) is 0 Å². The number of nitrogens with zero attached hydrogens (tertiary/aromatic N) is 2. The molecule has 0 saturated heterocycles. The molecule has 5 heterocycles. The molecule has 1 aliphatic carbocycles. The maximum atomic E-state index is 5.02. The summed E-state index contributed by atoms with van der Waals surface area (Å²) in [6, 6.07) is 45.1. The zero-order valence-electron chi connectivity index (χ0n) is 49.4. The molecule has 0 aliphatic heterocycles. The smallest absolute Gasteiger partial charge is 0.172 e. The van der Waals surface area contributed by atoms with Gasteiger partial charge in [-0.1, -0.05) is 242 Å². The summed E-state index contributed by atoms with van der Waals surface area (Å²) in [6.07, 6.45) is 36.7. The van der Waals surface area contributed by atoms with Gasteiger partial charge in [0, 0.05) is 40.9 Å². The maximum absolute atomic E-state index is 5.02. The molecule has 81 heavy (non-hydrogen) atoms. The van der Waals surface area contributed by atoms with E-state index in [1.54, 1.807) is 11.1 Å². The number of unbranched alkanes of at least 4 members (excludes halogenated alkanes) is 20. The van der Waals surface area contributed by atoms with Crippen LogP contribution < -0.4 is 9.55 Å². The molecule has 1 aliphatic rings. The quantitative estimate of drug-likeness (QED) is 0.0292. The van der Waals surface area contributed by atoms with Crippen LogP contribution in [0.25, 0.3) is 74.4 Å². The Morgan fingerprint density at radius 1 is 0.395 bits per heavy atom. The van der Waals surface area contributed by atoms with Crippen LogP contribution in [0.15, 0.2) is 121 Å². The van der Waals surface area contributed by atoms with Crippen LogP contribution in [0.3, 0.4) is 0 Å². The van der Waals surface area contributed by atoms with E-state index in [2.05, 4.69) is 156 Å². The lowest BCUT2D eigenvalue weighted by atomic mass is 9.70. The Labute approximate surface area is 508 Å². The summed E-state index contributed by atoms with van der Waals surface area (Å²) in [5.74, 6) is 0. The summed E-state index contributed by atoms with van der Waals surface area (Å²) < 4.78 is 12.7. The Morgan fingerprint density at radius 3 is 1.54 bits per heavy atom. The van der Waals surface area contributed by atoms with Gasteiger partial charge in [-0.15, -0.1) is 34.0 Å². The van der Waals surface area contributed by atoms with E-state index in [4.69, 9.17) is 8.75 Å². The zero-order valence-corrected chi connectivity index (χ0v) is 53.4. The third-order valence-electron chi connectivity index (χ3n) is 17.5. The van der Waals surface area contributed by atoms with Gasteiger partial charge in [-0.05, 0) is 146 Å². The molecule has 4 aromatic carbocycles. The van der Waals surface area contributed by atoms with E-state index in [1.165, 1.54) is 269 Å². The number of fused-ring (bicyclic) bond motifs is 4. The Hall–Kier alpha value is -4.44. The van der Waals surface area contributed by atoms with Crippen LogP contribution in [0.2, 0.25) is 0 Å². The van der Waals surface area contributed by atoms with Crippen molar-refractivity contribution in [3.63, 3.8) is 0 Å². The number of rotatable bonds is 35. The number of thiophene rings is 4. The van der Waals surface area contributed by atoms with E-state index in [-0.39, 0.29) is 5.41 Å². The number of benzene rings is 4. The SMILES string of the molecule is CCCCCCCCCCC1(CCCCCCCCCC)c2cc(-c3ccccc3)ccc2-c2ccc(-c3ccc(-c4ccc(-c5ccc([B]c6sc(-c7cc(CCCCCC)cs7)cc6CCCCCC)s5)c5nsnc45)s3)cc21. The standard InChI is InChI=1S/C73H88BN2S5/c1-5-9-13-17-19-21-23-30-46-73(47-31-24-22-20-18-14-10-6-2)62-49-55(54-33-28-25-29-34-54)36-38-58(62)59-39-37-56(50-63(59)73)64-42-43-65(78-64)60-40-41-61(71-70(60)75-81-76-71)66-44-45-69(79-66)74-72-57(35-27-16-12-8-4)51-68(80-72)67-48-53(52-77-67)32-26-15-11-7-3/h25,28-29,33-34,36-45,48-52H,5-24,26-27,30-32,35,46-47H2,1-4H3. The molecule has 9 aromatic rings. The van der Waals surface area contributed by atoms with Gasteiger partial charge in [0.05, 0.1) is 11.7 Å². The fraction of sp³-hybridized carbons (Fsp3) is 0.452. The summed E-state index contributed by atoms with van der Waals surface area (Å²) in [4.78, 5) is 6.68. The Kier molecular flexibility index (Phi) is 22.4. The van der Waals surface area contributed by atoms with Crippen molar-refractivity contribution < 1.29 is 0 Å². The molecule has 0 unspecified atom stereocenters. The van der Waals surface area contributed by atoms with E-state index >= 15 is 0 Å². The second kappa shape index (κ2) is 30.4. The van der Waals surface area contributed by atoms with E-state index in [1.807, 2.05) is 45.3 Å². The van der Waals surface area contributed by atoms with Crippen LogP contribution in [0.5, 0.6) is 0 Å². The molecule has 0 N–H and O–H groups in total. The van der Waals surface area contributed by atoms with E-state index < -0.39 is 0 Å². The molecule has 423 valence electrons. The first-order chi connectivity index (χ1) is 40.0. The lowest BCUT2D eigenvalue weighted by Gasteiger charge is -2.33. The lowest BCUT2D eigenvalue weighted by molar-refractivity contribution is 0.397. The number of hydrogen-bond donors (Lipinski definition) is 0. The Morgan fingerprint density at radius 2 is 0.914 bits per heavy atom. The minimum Gasteiger partial charge on any atom is -0.172 e. The summed E-state index contributed by atoms with van der Waals surface area (Å²) >= 11 is 9.05. The van der Waals surface area contributed by atoms with Gasteiger partial charge in [0.25, 0.3) is 0 Å². The predicted molar refractivity (Wildman–Crippen MR) is 364 cm³/mol. The fourth-order valence-corrected chi connectivity index (χ4v) is 17.7. The normalized spacial score (nSPS) is 12.7. The summed E-state index contributed by atoms with van der Waals surface area (Å²) in [5, 5.41) is 2.41. The Balaban J connectivity index is 0.907. The van der Waals surface area contributed by atoms with Gasteiger partial charge in [-0.2, -0.15) is 20.1 Å². The van der Waals surface area contributed by atoms with Crippen LogP contribution in [-0.4, -0.2) is 16.0 Å². The highest BCUT2D eigenvalue weighted by atomic mass is 32.1. The summed E-state index contributed by atoms with van der Waals surface area (Å²) in [6.45, 7) is 9.26. The first-order valence-electron chi connectivity index (χ1n) is 31.9. The largest absolute Gasteiger partial charge is 0.219 e. The molecule has 0 fully saturated rings. The van der Waals surface area contributed by atoms with Crippen LogP contribution in [0.4, 0.5) is 0 Å². The molecule has 0 amide bonds. The van der Waals surface area contributed by atoms with Gasteiger partial charge in [0.1, 0.15) is 11.0 Å². The monoisotopic (exact) mass is 1160 g/mol. The van der Waals surface area contributed by atoms with E-state index in [0.29, 0.717) is 0 Å². The van der Waals surface area contributed by atoms with Crippen molar-refractivity contribution >= 4 is 84.9 Å². The van der Waals surface area contributed by atoms with Crippen LogP contribution in [-0.2, 0) is 18.3 Å². The summed E-state index contributed by atoms with van der Waals surface area (Å²) in [5.41, 5.74) is 17.4. The van der Waals surface area contributed by atoms with Gasteiger partial charge in [0.15, 0.2) is 0 Å². The molecular formula is C73H88BN2S5. The Bertz CT molecular complexity index is 3330. The first-order valence-corrected chi connectivity index (χ1v) is 35.9. The third kappa shape index (κ3) is 14.9. The van der Waals surface area contributed by atoms with Crippen molar-refractivity contribution in [2.24, 2.45) is 0 Å². The number of aryl methyl sites for hydroxylation is 2. The van der Waals surface area contributed by atoms with Crippen molar-refractivity contribution in [3.8, 4) is 63.3 Å². The minimum atomic E-state index is -0.00539. The summed E-state index contributed by atoms with van der Waals surface area (Å²) in [7, 11) is 2.46. The molecule has 5 aromatic heterocycles. The van der Waals surface area contributed by atoms with Crippen LogP contribution in [0.1, 0.15) is 217 Å². The minimum absolute atomic E-state index is 0.00539. The topological polar surface area (TPSA) is 25.8 Å². The molecule has 10 rings (SSSR count). The van der Waals surface area contributed by atoms with Crippen LogP contribution in [0, 0.1) is 0 Å². The number of hydrogen-bond acceptors (Lipinski definition) is 7. The highest BCUT2D eigenvalue weighted by Gasteiger charge is 2.43. The highest BCUT2D eigenvalue weighted by Crippen LogP contribution is 2.56. The van der Waals surface area contributed by atoms with Gasteiger partial charge >= 0.3 is 0 Å². The van der Waals surface area contributed by atoms with Crippen molar-refractivity contribution in [3.05, 3.63) is 143 Å². The van der Waals surface area contributed by atoms with Gasteiger partial charge < -0.3 is 0 Å². The third-order valence-corrected chi connectivity index (χ3v) is 22.5. The predicted octanol–water partition coefficient (Wildman–Crippen LogP) is 23.5. The zero-order chi connectivity index (χ0) is 55.6. The molecule has 0 bridgehead atoms. The average molecular weight is 1160 g/mol. The lowest BCUT2D eigenvalue weighted by Crippen LogP contribution is -2.25. The molecule has 0 saturated carbocycles. The molecular weight excluding hydrogens is 1080 g/mol. The van der Waals surface area contributed by atoms with Gasteiger partial charge in [0.2, 0.25) is 7.28 Å². The molecule has 0 spiro atoms.